The molecule has 0 unspecified atom stereocenters. The van der Waals surface area contributed by atoms with Crippen molar-refractivity contribution in [3.63, 3.8) is 0 Å². The summed E-state index contributed by atoms with van der Waals surface area (Å²) in [5, 5.41) is 0.988. The first-order valence-corrected chi connectivity index (χ1v) is 7.92. The lowest BCUT2D eigenvalue weighted by atomic mass is 10.1. The zero-order valence-electron chi connectivity index (χ0n) is 14.0. The number of H-pyrrole nitrogens is 1. The van der Waals surface area contributed by atoms with Crippen LogP contribution in [-0.2, 0) is 0 Å². The fourth-order valence-electron chi connectivity index (χ4n) is 2.78. The molecule has 0 atom stereocenters. The Kier molecular flexibility index (Phi) is 3.82. The van der Waals surface area contributed by atoms with Crippen LogP contribution in [0.2, 0.25) is 0 Å². The molecule has 1 N–H and O–H groups in total. The summed E-state index contributed by atoms with van der Waals surface area (Å²) in [6.45, 7) is 0. The zero-order chi connectivity index (χ0) is 17.2. The van der Waals surface area contributed by atoms with Gasteiger partial charge >= 0.3 is 0 Å². The topological polar surface area (TPSA) is 60.0 Å². The molecule has 5 nitrogen and oxygen atoms in total. The van der Waals surface area contributed by atoms with E-state index < -0.39 is 0 Å². The Hall–Kier alpha value is -3.34. The zero-order valence-corrected chi connectivity index (χ0v) is 14.0. The molecule has 2 aromatic carbocycles. The Balaban J connectivity index is 1.86. The molecular weight excluding hydrogens is 314 g/mol. The molecule has 0 amide bonds. The van der Waals surface area contributed by atoms with E-state index in [0.717, 1.165) is 39.4 Å². The van der Waals surface area contributed by atoms with Crippen LogP contribution in [0.15, 0.2) is 60.8 Å². The van der Waals surface area contributed by atoms with Crippen LogP contribution in [-0.4, -0.2) is 29.2 Å². The largest absolute Gasteiger partial charge is 0.497 e. The average molecular weight is 331 g/mol. The molecule has 4 aromatic rings. The van der Waals surface area contributed by atoms with E-state index >= 15 is 0 Å². The molecule has 25 heavy (non-hydrogen) atoms. The molecule has 0 saturated heterocycles. The molecule has 0 aliphatic rings. The number of nitrogens with zero attached hydrogens (tertiary/aromatic N) is 2. The van der Waals surface area contributed by atoms with Crippen molar-refractivity contribution in [1.82, 2.24) is 15.0 Å². The summed E-state index contributed by atoms with van der Waals surface area (Å²) >= 11 is 0. The van der Waals surface area contributed by atoms with E-state index in [0.29, 0.717) is 5.82 Å². The van der Waals surface area contributed by atoms with E-state index in [1.165, 1.54) is 0 Å². The molecule has 2 heterocycles. The molecule has 0 radical (unpaired) electrons. The Morgan fingerprint density at radius 1 is 0.720 bits per heavy atom. The molecule has 0 spiro atoms. The molecule has 0 aliphatic heterocycles. The summed E-state index contributed by atoms with van der Waals surface area (Å²) in [4.78, 5) is 12.6. The Labute approximate surface area is 145 Å². The van der Waals surface area contributed by atoms with E-state index in [9.17, 15) is 0 Å². The number of nitrogens with one attached hydrogen (secondary N) is 1. The summed E-state index contributed by atoms with van der Waals surface area (Å²) in [5.41, 5.74) is 3.65. The van der Waals surface area contributed by atoms with Crippen molar-refractivity contribution in [3.05, 3.63) is 60.8 Å². The quantitative estimate of drug-likeness (QED) is 0.605. The van der Waals surface area contributed by atoms with E-state index in [1.807, 2.05) is 60.8 Å². The number of benzene rings is 2. The normalized spacial score (nSPS) is 10.8. The molecule has 0 fully saturated rings. The number of fused-ring (bicyclic) bond motifs is 1. The lowest BCUT2D eigenvalue weighted by Gasteiger charge is -2.08. The van der Waals surface area contributed by atoms with Gasteiger partial charge in [-0.15, -0.1) is 0 Å². The van der Waals surface area contributed by atoms with Gasteiger partial charge in [0.25, 0.3) is 0 Å². The summed E-state index contributed by atoms with van der Waals surface area (Å²) in [6.07, 6.45) is 1.88. The van der Waals surface area contributed by atoms with Crippen LogP contribution in [0, 0.1) is 0 Å². The SMILES string of the molecule is COc1ccc(-c2nc(-c3ccc(OC)cc3)c3cc[nH]c3n2)cc1. The van der Waals surface area contributed by atoms with Gasteiger partial charge < -0.3 is 14.5 Å². The first-order valence-electron chi connectivity index (χ1n) is 7.92. The maximum atomic E-state index is 5.24. The van der Waals surface area contributed by atoms with Crippen molar-refractivity contribution in [3.8, 4) is 34.1 Å². The smallest absolute Gasteiger partial charge is 0.162 e. The first kappa shape index (κ1) is 15.2. The Morgan fingerprint density at radius 3 is 1.92 bits per heavy atom. The predicted molar refractivity (Wildman–Crippen MR) is 97.9 cm³/mol. The minimum absolute atomic E-state index is 0.670. The summed E-state index contributed by atoms with van der Waals surface area (Å²) < 4.78 is 10.5. The number of rotatable bonds is 4. The molecular formula is C20H17N3O2. The number of aromatic amines is 1. The van der Waals surface area contributed by atoms with Crippen molar-refractivity contribution in [2.24, 2.45) is 0 Å². The van der Waals surface area contributed by atoms with Gasteiger partial charge in [-0.25, -0.2) is 9.97 Å². The van der Waals surface area contributed by atoms with Crippen LogP contribution >= 0.6 is 0 Å². The van der Waals surface area contributed by atoms with Crippen molar-refractivity contribution < 1.29 is 9.47 Å². The number of hydrogen-bond acceptors (Lipinski definition) is 4. The van der Waals surface area contributed by atoms with Crippen molar-refractivity contribution in [2.75, 3.05) is 14.2 Å². The van der Waals surface area contributed by atoms with E-state index in [1.54, 1.807) is 14.2 Å². The van der Waals surface area contributed by atoms with E-state index in [4.69, 9.17) is 14.5 Å². The van der Waals surface area contributed by atoms with Crippen LogP contribution in [0.5, 0.6) is 11.5 Å². The van der Waals surface area contributed by atoms with Gasteiger partial charge in [0.2, 0.25) is 0 Å². The van der Waals surface area contributed by atoms with Gasteiger partial charge in [0, 0.05) is 22.7 Å². The maximum Gasteiger partial charge on any atom is 0.162 e. The predicted octanol–water partition coefficient (Wildman–Crippen LogP) is 4.31. The Bertz CT molecular complexity index is 1010. The van der Waals surface area contributed by atoms with Gasteiger partial charge in [0.1, 0.15) is 17.1 Å². The van der Waals surface area contributed by atoms with Crippen LogP contribution in [0.1, 0.15) is 0 Å². The highest BCUT2D eigenvalue weighted by molar-refractivity contribution is 5.92. The van der Waals surface area contributed by atoms with E-state index in [2.05, 4.69) is 9.97 Å². The molecule has 2 aromatic heterocycles. The molecule has 5 heteroatoms. The molecule has 0 saturated carbocycles. The van der Waals surface area contributed by atoms with Gasteiger partial charge in [-0.05, 0) is 54.6 Å². The Morgan fingerprint density at radius 2 is 1.32 bits per heavy atom. The lowest BCUT2D eigenvalue weighted by molar-refractivity contribution is 0.415. The number of methoxy groups -OCH3 is 2. The van der Waals surface area contributed by atoms with Gasteiger partial charge in [-0.1, -0.05) is 0 Å². The fourth-order valence-corrected chi connectivity index (χ4v) is 2.78. The summed E-state index contributed by atoms with van der Waals surface area (Å²) in [6, 6.07) is 17.6. The van der Waals surface area contributed by atoms with Crippen LogP contribution < -0.4 is 9.47 Å². The van der Waals surface area contributed by atoms with Crippen LogP contribution in [0.4, 0.5) is 0 Å². The molecule has 4 rings (SSSR count). The summed E-state index contributed by atoms with van der Waals surface area (Å²) in [7, 11) is 3.31. The standard InChI is InChI=1S/C20H17N3O2/c1-24-15-7-3-13(4-8-15)18-17-11-12-21-20(17)23-19(22-18)14-5-9-16(25-2)10-6-14/h3-12H,1-2H3,(H,21,22,23). The van der Waals surface area contributed by atoms with Gasteiger partial charge in [0.05, 0.1) is 19.9 Å². The third-order valence-corrected chi connectivity index (χ3v) is 4.13. The summed E-state index contributed by atoms with van der Waals surface area (Å²) in [5.74, 6) is 2.29. The van der Waals surface area contributed by atoms with E-state index in [-0.39, 0.29) is 0 Å². The second kappa shape index (κ2) is 6.28. The molecule has 0 bridgehead atoms. The van der Waals surface area contributed by atoms with Gasteiger partial charge in [-0.3, -0.25) is 0 Å². The number of aromatic nitrogens is 3. The molecule has 124 valence electrons. The fraction of sp³-hybridized carbons (Fsp3) is 0.100. The van der Waals surface area contributed by atoms with Gasteiger partial charge in [-0.2, -0.15) is 0 Å². The number of ether oxygens (including phenoxy) is 2. The van der Waals surface area contributed by atoms with Crippen LogP contribution in [0.3, 0.4) is 0 Å². The van der Waals surface area contributed by atoms with Crippen LogP contribution in [0.25, 0.3) is 33.7 Å². The minimum atomic E-state index is 0.670. The third kappa shape index (κ3) is 2.80. The highest BCUT2D eigenvalue weighted by Crippen LogP contribution is 2.30. The van der Waals surface area contributed by atoms with Crippen molar-refractivity contribution in [2.45, 2.75) is 0 Å². The third-order valence-electron chi connectivity index (χ3n) is 4.13. The lowest BCUT2D eigenvalue weighted by Crippen LogP contribution is -1.94. The molecule has 0 aliphatic carbocycles. The second-order valence-electron chi connectivity index (χ2n) is 5.59. The first-order chi connectivity index (χ1) is 12.3. The minimum Gasteiger partial charge on any atom is -0.497 e. The van der Waals surface area contributed by atoms with Gasteiger partial charge in [0.15, 0.2) is 5.82 Å². The second-order valence-corrected chi connectivity index (χ2v) is 5.59. The highest BCUT2D eigenvalue weighted by Gasteiger charge is 2.12. The highest BCUT2D eigenvalue weighted by atomic mass is 16.5. The van der Waals surface area contributed by atoms with Crippen molar-refractivity contribution >= 4 is 11.0 Å². The maximum absolute atomic E-state index is 5.24. The average Bonchev–Trinajstić information content (AvgIpc) is 3.16. The monoisotopic (exact) mass is 331 g/mol. The van der Waals surface area contributed by atoms with Crippen molar-refractivity contribution in [1.29, 1.82) is 0 Å². The number of hydrogen-bond donors (Lipinski definition) is 1.